The number of imide groups is 1. The van der Waals surface area contributed by atoms with Crippen molar-refractivity contribution in [3.8, 4) is 0 Å². The predicted molar refractivity (Wildman–Crippen MR) is 57.1 cm³/mol. The number of hydrogen-bond donors (Lipinski definition) is 0. The van der Waals surface area contributed by atoms with Gasteiger partial charge >= 0.3 is 0 Å². The molecule has 0 N–H and O–H groups in total. The fourth-order valence-electron chi connectivity index (χ4n) is 2.88. The van der Waals surface area contributed by atoms with E-state index in [0.717, 1.165) is 19.3 Å². The van der Waals surface area contributed by atoms with Crippen LogP contribution in [0.2, 0.25) is 0 Å². The Bertz CT molecular complexity index is 323. The zero-order chi connectivity index (χ0) is 11.8. The molecule has 1 saturated heterocycles. The van der Waals surface area contributed by atoms with E-state index in [4.69, 9.17) is 0 Å². The Morgan fingerprint density at radius 2 is 1.88 bits per heavy atom. The minimum absolute atomic E-state index is 0.0322. The lowest BCUT2D eigenvalue weighted by Gasteiger charge is -2.42. The van der Waals surface area contributed by atoms with Crippen molar-refractivity contribution >= 4 is 18.1 Å². The second kappa shape index (κ2) is 4.00. The molecular weight excluding hydrogens is 206 g/mol. The van der Waals surface area contributed by atoms with E-state index in [1.54, 1.807) is 0 Å². The van der Waals surface area contributed by atoms with Gasteiger partial charge in [0.15, 0.2) is 0 Å². The van der Waals surface area contributed by atoms with E-state index >= 15 is 0 Å². The zero-order valence-electron chi connectivity index (χ0n) is 9.49. The van der Waals surface area contributed by atoms with Crippen molar-refractivity contribution in [1.29, 1.82) is 0 Å². The lowest BCUT2D eigenvalue weighted by molar-refractivity contribution is -0.146. The van der Waals surface area contributed by atoms with Crippen LogP contribution >= 0.6 is 0 Å². The smallest absolute Gasteiger partial charge is 0.230 e. The van der Waals surface area contributed by atoms with Gasteiger partial charge in [0.1, 0.15) is 5.54 Å². The van der Waals surface area contributed by atoms with Crippen molar-refractivity contribution in [2.45, 2.75) is 51.0 Å². The highest BCUT2D eigenvalue weighted by Crippen LogP contribution is 2.39. The Balaban J connectivity index is 2.36. The molecule has 16 heavy (non-hydrogen) atoms. The summed E-state index contributed by atoms with van der Waals surface area (Å²) in [6.45, 7) is 1.93. The first-order valence-corrected chi connectivity index (χ1v) is 5.87. The Kier molecular flexibility index (Phi) is 2.82. The molecule has 1 heterocycles. The molecule has 0 aromatic carbocycles. The quantitative estimate of drug-likeness (QED) is 0.659. The molecule has 2 atom stereocenters. The standard InChI is InChI=1S/C12H16NO3/c1-9-4-2-3-7-12(9,8-14)13-10(15)5-6-11(13)16/h9H,2-7H2,1H3. The topological polar surface area (TPSA) is 54.5 Å². The van der Waals surface area contributed by atoms with E-state index in [1.807, 2.05) is 13.2 Å². The maximum atomic E-state index is 11.7. The molecule has 2 aliphatic rings. The Labute approximate surface area is 95.0 Å². The first kappa shape index (κ1) is 11.3. The van der Waals surface area contributed by atoms with Gasteiger partial charge in [0.25, 0.3) is 0 Å². The molecule has 1 saturated carbocycles. The number of nitrogens with zero attached hydrogens (tertiary/aromatic N) is 1. The van der Waals surface area contributed by atoms with Gasteiger partial charge in [-0.1, -0.05) is 19.8 Å². The molecule has 87 valence electrons. The van der Waals surface area contributed by atoms with Crippen molar-refractivity contribution in [2.75, 3.05) is 0 Å². The SMILES string of the molecule is CC1CCCCC1([C]=O)N1C(=O)CCC1=O. The van der Waals surface area contributed by atoms with E-state index in [9.17, 15) is 14.4 Å². The van der Waals surface area contributed by atoms with Crippen LogP contribution in [0.3, 0.4) is 0 Å². The van der Waals surface area contributed by atoms with Gasteiger partial charge in [0.2, 0.25) is 18.1 Å². The van der Waals surface area contributed by atoms with Crippen LogP contribution in [-0.2, 0) is 14.4 Å². The Morgan fingerprint density at radius 1 is 1.25 bits per heavy atom. The van der Waals surface area contributed by atoms with Crippen molar-refractivity contribution in [3.63, 3.8) is 0 Å². The number of likely N-dealkylation sites (tertiary alicyclic amines) is 1. The normalized spacial score (nSPS) is 35.6. The molecule has 1 radical (unpaired) electrons. The molecule has 0 spiro atoms. The van der Waals surface area contributed by atoms with Gasteiger partial charge in [-0.05, 0) is 18.8 Å². The Hall–Kier alpha value is -1.19. The van der Waals surface area contributed by atoms with E-state index in [1.165, 1.54) is 4.90 Å². The zero-order valence-corrected chi connectivity index (χ0v) is 9.49. The van der Waals surface area contributed by atoms with Crippen molar-refractivity contribution < 1.29 is 14.4 Å². The summed E-state index contributed by atoms with van der Waals surface area (Å²) < 4.78 is 0. The summed E-state index contributed by atoms with van der Waals surface area (Å²) in [4.78, 5) is 35.9. The monoisotopic (exact) mass is 222 g/mol. The molecule has 2 unspecified atom stereocenters. The lowest BCUT2D eigenvalue weighted by atomic mass is 9.73. The molecule has 1 aliphatic heterocycles. The van der Waals surface area contributed by atoms with Crippen molar-refractivity contribution in [3.05, 3.63) is 0 Å². The number of hydrogen-bond acceptors (Lipinski definition) is 3. The first-order valence-electron chi connectivity index (χ1n) is 5.87. The minimum Gasteiger partial charge on any atom is -0.288 e. The molecular formula is C12H16NO3. The summed E-state index contributed by atoms with van der Waals surface area (Å²) in [5.74, 6) is -0.381. The van der Waals surface area contributed by atoms with E-state index < -0.39 is 5.54 Å². The average Bonchev–Trinajstić information content (AvgIpc) is 2.61. The fraction of sp³-hybridized carbons (Fsp3) is 0.750. The van der Waals surface area contributed by atoms with Crippen LogP contribution in [0, 0.1) is 5.92 Å². The minimum atomic E-state index is -0.969. The van der Waals surface area contributed by atoms with E-state index in [0.29, 0.717) is 6.42 Å². The number of rotatable bonds is 2. The highest BCUT2D eigenvalue weighted by Gasteiger charge is 2.51. The van der Waals surface area contributed by atoms with Crippen LogP contribution in [0.25, 0.3) is 0 Å². The summed E-state index contributed by atoms with van der Waals surface area (Å²) >= 11 is 0. The Morgan fingerprint density at radius 3 is 2.38 bits per heavy atom. The van der Waals surface area contributed by atoms with Crippen molar-refractivity contribution in [2.24, 2.45) is 5.92 Å². The number of carbonyl (C=O) groups excluding carboxylic acids is 3. The molecule has 2 fully saturated rings. The summed E-state index contributed by atoms with van der Waals surface area (Å²) in [6.07, 6.45) is 5.90. The lowest BCUT2D eigenvalue weighted by Crippen LogP contribution is -2.58. The largest absolute Gasteiger partial charge is 0.288 e. The molecule has 2 rings (SSSR count). The fourth-order valence-corrected chi connectivity index (χ4v) is 2.88. The van der Waals surface area contributed by atoms with Crippen LogP contribution < -0.4 is 0 Å². The van der Waals surface area contributed by atoms with Gasteiger partial charge < -0.3 is 0 Å². The van der Waals surface area contributed by atoms with E-state index in [2.05, 4.69) is 0 Å². The van der Waals surface area contributed by atoms with Crippen LogP contribution in [0.4, 0.5) is 0 Å². The second-order valence-electron chi connectivity index (χ2n) is 4.80. The van der Waals surface area contributed by atoms with Crippen LogP contribution in [0.1, 0.15) is 45.4 Å². The van der Waals surface area contributed by atoms with Gasteiger partial charge in [-0.3, -0.25) is 19.3 Å². The summed E-state index contributed by atoms with van der Waals surface area (Å²) in [5, 5.41) is 0. The maximum absolute atomic E-state index is 11.7. The molecule has 0 aromatic heterocycles. The molecule has 2 amide bonds. The second-order valence-corrected chi connectivity index (χ2v) is 4.80. The molecule has 0 bridgehead atoms. The molecule has 4 heteroatoms. The third-order valence-electron chi connectivity index (χ3n) is 3.89. The van der Waals surface area contributed by atoms with Crippen LogP contribution in [0.5, 0.6) is 0 Å². The summed E-state index contributed by atoms with van der Waals surface area (Å²) in [7, 11) is 0. The third kappa shape index (κ3) is 1.47. The highest BCUT2D eigenvalue weighted by molar-refractivity contribution is 6.05. The average molecular weight is 222 g/mol. The van der Waals surface area contributed by atoms with Gasteiger partial charge in [-0.15, -0.1) is 0 Å². The van der Waals surface area contributed by atoms with Crippen molar-refractivity contribution in [1.82, 2.24) is 4.90 Å². The molecule has 0 aromatic rings. The third-order valence-corrected chi connectivity index (χ3v) is 3.89. The number of carbonyl (C=O) groups is 2. The van der Waals surface area contributed by atoms with Gasteiger partial charge in [0.05, 0.1) is 0 Å². The van der Waals surface area contributed by atoms with Crippen LogP contribution in [-0.4, -0.2) is 28.5 Å². The predicted octanol–water partition coefficient (Wildman–Crippen LogP) is 1.19. The van der Waals surface area contributed by atoms with Crippen LogP contribution in [0.15, 0.2) is 0 Å². The van der Waals surface area contributed by atoms with Gasteiger partial charge in [-0.2, -0.15) is 0 Å². The highest BCUT2D eigenvalue weighted by atomic mass is 16.2. The number of amides is 2. The van der Waals surface area contributed by atoms with Gasteiger partial charge in [-0.25, -0.2) is 0 Å². The molecule has 1 aliphatic carbocycles. The first-order chi connectivity index (χ1) is 7.62. The summed E-state index contributed by atoms with van der Waals surface area (Å²) in [6, 6.07) is 0. The summed E-state index contributed by atoms with van der Waals surface area (Å²) in [5.41, 5.74) is -0.969. The maximum Gasteiger partial charge on any atom is 0.230 e. The molecule has 4 nitrogen and oxygen atoms in total. The van der Waals surface area contributed by atoms with E-state index in [-0.39, 0.29) is 30.6 Å². The van der Waals surface area contributed by atoms with Gasteiger partial charge in [0, 0.05) is 12.8 Å².